The predicted molar refractivity (Wildman–Crippen MR) is 82.1 cm³/mol. The monoisotopic (exact) mass is 283 g/mol. The van der Waals surface area contributed by atoms with Gasteiger partial charge in [0.2, 0.25) is 0 Å². The zero-order chi connectivity index (χ0) is 14.7. The van der Waals surface area contributed by atoms with Gasteiger partial charge in [-0.3, -0.25) is 9.48 Å². The van der Waals surface area contributed by atoms with E-state index in [-0.39, 0.29) is 11.9 Å². The molecule has 1 unspecified atom stereocenters. The summed E-state index contributed by atoms with van der Waals surface area (Å²) in [6.07, 6.45) is 6.10. The van der Waals surface area contributed by atoms with E-state index in [0.29, 0.717) is 5.69 Å². The Labute approximate surface area is 125 Å². The molecule has 1 aliphatic carbocycles. The highest BCUT2D eigenvalue weighted by Crippen LogP contribution is 2.29. The number of rotatable bonds is 4. The van der Waals surface area contributed by atoms with Crippen molar-refractivity contribution in [3.05, 3.63) is 53.3 Å². The van der Waals surface area contributed by atoms with Crippen molar-refractivity contribution in [1.82, 2.24) is 15.1 Å². The highest BCUT2D eigenvalue weighted by Gasteiger charge is 2.22. The highest BCUT2D eigenvalue weighted by atomic mass is 16.2. The first kappa shape index (κ1) is 13.9. The molecule has 0 aliphatic heterocycles. The summed E-state index contributed by atoms with van der Waals surface area (Å²) >= 11 is 0. The number of nitrogens with one attached hydrogen (secondary N) is 1. The summed E-state index contributed by atoms with van der Waals surface area (Å²) in [7, 11) is 0. The van der Waals surface area contributed by atoms with E-state index in [1.807, 2.05) is 16.9 Å². The van der Waals surface area contributed by atoms with Gasteiger partial charge in [0.15, 0.2) is 0 Å². The Morgan fingerprint density at radius 2 is 2.24 bits per heavy atom. The van der Waals surface area contributed by atoms with Crippen LogP contribution in [0.3, 0.4) is 0 Å². The number of benzene rings is 1. The van der Waals surface area contributed by atoms with Crippen LogP contribution < -0.4 is 5.32 Å². The maximum absolute atomic E-state index is 12.4. The standard InChI is InChI=1S/C17H21N3O/c1-2-11-20-12-10-16(19-20)17(21)18-15-9-5-7-13-6-3-4-8-14(13)15/h3-4,6,8,10,12,15H,2,5,7,9,11H2,1H3,(H,18,21). The van der Waals surface area contributed by atoms with Crippen LogP contribution in [0.1, 0.15) is 53.8 Å². The maximum atomic E-state index is 12.4. The van der Waals surface area contributed by atoms with Crippen molar-refractivity contribution in [2.24, 2.45) is 0 Å². The average Bonchev–Trinajstić information content (AvgIpc) is 2.97. The Bertz CT molecular complexity index is 632. The first-order chi connectivity index (χ1) is 10.3. The third-order valence-electron chi connectivity index (χ3n) is 4.00. The van der Waals surface area contributed by atoms with Crippen molar-refractivity contribution < 1.29 is 4.79 Å². The average molecular weight is 283 g/mol. The van der Waals surface area contributed by atoms with Crippen LogP contribution in [0.15, 0.2) is 36.5 Å². The van der Waals surface area contributed by atoms with Crippen LogP contribution in [-0.2, 0) is 13.0 Å². The molecule has 0 spiro atoms. The number of amides is 1. The molecule has 0 bridgehead atoms. The number of fused-ring (bicyclic) bond motifs is 1. The molecule has 21 heavy (non-hydrogen) atoms. The Kier molecular flexibility index (Phi) is 4.04. The van der Waals surface area contributed by atoms with Crippen LogP contribution in [0, 0.1) is 0 Å². The summed E-state index contributed by atoms with van der Waals surface area (Å²) in [6.45, 7) is 2.94. The van der Waals surface area contributed by atoms with E-state index < -0.39 is 0 Å². The Morgan fingerprint density at radius 3 is 3.10 bits per heavy atom. The van der Waals surface area contributed by atoms with E-state index in [9.17, 15) is 4.79 Å². The molecule has 1 heterocycles. The number of aromatic nitrogens is 2. The normalized spacial score (nSPS) is 17.3. The largest absolute Gasteiger partial charge is 0.344 e. The molecule has 2 aromatic rings. The molecule has 0 radical (unpaired) electrons. The molecule has 1 aliphatic rings. The van der Waals surface area contributed by atoms with E-state index >= 15 is 0 Å². The lowest BCUT2D eigenvalue weighted by atomic mass is 9.88. The van der Waals surface area contributed by atoms with E-state index in [2.05, 4.69) is 35.5 Å². The molecular weight excluding hydrogens is 262 g/mol. The minimum Gasteiger partial charge on any atom is -0.344 e. The molecule has 4 nitrogen and oxygen atoms in total. The van der Waals surface area contributed by atoms with Gasteiger partial charge in [-0.15, -0.1) is 0 Å². The van der Waals surface area contributed by atoms with Crippen LogP contribution in [0.2, 0.25) is 0 Å². The van der Waals surface area contributed by atoms with Crippen LogP contribution in [0.4, 0.5) is 0 Å². The van der Waals surface area contributed by atoms with E-state index in [1.165, 1.54) is 11.1 Å². The van der Waals surface area contributed by atoms with Gasteiger partial charge in [-0.25, -0.2) is 0 Å². The van der Waals surface area contributed by atoms with Gasteiger partial charge >= 0.3 is 0 Å². The maximum Gasteiger partial charge on any atom is 0.272 e. The number of carbonyl (C=O) groups is 1. The number of carbonyl (C=O) groups excluding carboxylic acids is 1. The zero-order valence-electron chi connectivity index (χ0n) is 12.4. The third-order valence-corrected chi connectivity index (χ3v) is 4.00. The molecule has 110 valence electrons. The van der Waals surface area contributed by atoms with Crippen LogP contribution in [0.5, 0.6) is 0 Å². The molecule has 1 amide bonds. The van der Waals surface area contributed by atoms with E-state index in [0.717, 1.165) is 32.2 Å². The third kappa shape index (κ3) is 2.99. The summed E-state index contributed by atoms with van der Waals surface area (Å²) in [5, 5.41) is 7.46. The van der Waals surface area contributed by atoms with Crippen molar-refractivity contribution >= 4 is 5.91 Å². The van der Waals surface area contributed by atoms with Gasteiger partial charge in [0.05, 0.1) is 6.04 Å². The smallest absolute Gasteiger partial charge is 0.272 e. The van der Waals surface area contributed by atoms with Gasteiger partial charge in [0.25, 0.3) is 5.91 Å². The lowest BCUT2D eigenvalue weighted by Crippen LogP contribution is -2.31. The van der Waals surface area contributed by atoms with Gasteiger partial charge in [0, 0.05) is 12.7 Å². The lowest BCUT2D eigenvalue weighted by molar-refractivity contribution is 0.0926. The molecule has 1 atom stereocenters. The molecule has 0 saturated carbocycles. The van der Waals surface area contributed by atoms with Crippen molar-refractivity contribution in [1.29, 1.82) is 0 Å². The SMILES string of the molecule is CCCn1ccc(C(=O)NC2CCCc3ccccc32)n1. The van der Waals surface area contributed by atoms with Gasteiger partial charge in [0.1, 0.15) is 5.69 Å². The first-order valence-corrected chi connectivity index (χ1v) is 7.70. The molecule has 4 heteroatoms. The Hall–Kier alpha value is -2.10. The summed E-state index contributed by atoms with van der Waals surface area (Å²) < 4.78 is 1.82. The van der Waals surface area contributed by atoms with Crippen LogP contribution in [0.25, 0.3) is 0 Å². The topological polar surface area (TPSA) is 46.9 Å². The summed E-state index contributed by atoms with van der Waals surface area (Å²) in [5.74, 6) is -0.0773. The van der Waals surface area contributed by atoms with Crippen molar-refractivity contribution in [3.63, 3.8) is 0 Å². The number of nitrogens with zero attached hydrogens (tertiary/aromatic N) is 2. The van der Waals surface area contributed by atoms with Crippen molar-refractivity contribution in [2.45, 2.75) is 45.2 Å². The number of hydrogen-bond acceptors (Lipinski definition) is 2. The summed E-state index contributed by atoms with van der Waals surface area (Å²) in [4.78, 5) is 12.4. The molecule has 1 N–H and O–H groups in total. The minimum absolute atomic E-state index is 0.0773. The van der Waals surface area contributed by atoms with E-state index in [1.54, 1.807) is 6.07 Å². The second kappa shape index (κ2) is 6.12. The Morgan fingerprint density at radius 1 is 1.38 bits per heavy atom. The van der Waals surface area contributed by atoms with Crippen molar-refractivity contribution in [3.8, 4) is 0 Å². The fourth-order valence-corrected chi connectivity index (χ4v) is 2.97. The minimum atomic E-state index is -0.0773. The number of hydrogen-bond donors (Lipinski definition) is 1. The van der Waals surface area contributed by atoms with Gasteiger partial charge in [-0.05, 0) is 42.9 Å². The fourth-order valence-electron chi connectivity index (χ4n) is 2.97. The van der Waals surface area contributed by atoms with E-state index in [4.69, 9.17) is 0 Å². The molecule has 0 saturated heterocycles. The quantitative estimate of drug-likeness (QED) is 0.937. The lowest BCUT2D eigenvalue weighted by Gasteiger charge is -2.26. The first-order valence-electron chi connectivity index (χ1n) is 7.70. The Balaban J connectivity index is 1.73. The highest BCUT2D eigenvalue weighted by molar-refractivity contribution is 5.92. The van der Waals surface area contributed by atoms with Gasteiger partial charge < -0.3 is 5.32 Å². The molecular formula is C17H21N3O. The molecule has 1 aromatic carbocycles. The van der Waals surface area contributed by atoms with Gasteiger partial charge in [-0.2, -0.15) is 5.10 Å². The van der Waals surface area contributed by atoms with Crippen molar-refractivity contribution in [2.75, 3.05) is 0 Å². The summed E-state index contributed by atoms with van der Waals surface area (Å²) in [5.41, 5.74) is 3.11. The van der Waals surface area contributed by atoms with Crippen LogP contribution >= 0.6 is 0 Å². The zero-order valence-corrected chi connectivity index (χ0v) is 12.4. The second-order valence-electron chi connectivity index (χ2n) is 5.58. The number of aryl methyl sites for hydroxylation is 2. The molecule has 0 fully saturated rings. The summed E-state index contributed by atoms with van der Waals surface area (Å²) in [6, 6.07) is 10.3. The second-order valence-corrected chi connectivity index (χ2v) is 5.58. The molecule has 3 rings (SSSR count). The predicted octanol–water partition coefficient (Wildman–Crippen LogP) is 3.10. The molecule has 1 aromatic heterocycles. The van der Waals surface area contributed by atoms with Gasteiger partial charge in [-0.1, -0.05) is 31.2 Å². The van der Waals surface area contributed by atoms with Crippen LogP contribution in [-0.4, -0.2) is 15.7 Å². The fraction of sp³-hybridized carbons (Fsp3) is 0.412.